The van der Waals surface area contributed by atoms with Crippen molar-refractivity contribution in [3.05, 3.63) is 41.7 Å². The first-order valence-corrected chi connectivity index (χ1v) is 9.00. The lowest BCUT2D eigenvalue weighted by molar-refractivity contribution is -0.140. The molecule has 4 heteroatoms. The molecule has 0 aliphatic heterocycles. The molecule has 136 valence electrons. The third kappa shape index (κ3) is 5.52. The lowest BCUT2D eigenvalue weighted by atomic mass is 9.79. The summed E-state index contributed by atoms with van der Waals surface area (Å²) in [6, 6.07) is 4.92. The standard InChI is InChI=1S/C21H28FNO2/c1-14-5-7-17(8-6-14)20(11-12-21(24)25-4)23-16(3)18-9-10-19(22)15(2)13-18/h9-10,13-14,17H,3,5-8,11-12H2,1-2,4H3. The van der Waals surface area contributed by atoms with Crippen molar-refractivity contribution in [2.75, 3.05) is 7.11 Å². The summed E-state index contributed by atoms with van der Waals surface area (Å²) in [7, 11) is 1.40. The highest BCUT2D eigenvalue weighted by molar-refractivity contribution is 5.93. The summed E-state index contributed by atoms with van der Waals surface area (Å²) in [5.41, 5.74) is 3.04. The van der Waals surface area contributed by atoms with Crippen LogP contribution in [0.15, 0.2) is 29.8 Å². The minimum Gasteiger partial charge on any atom is -0.469 e. The molecule has 0 unspecified atom stereocenters. The van der Waals surface area contributed by atoms with Crippen molar-refractivity contribution in [3.63, 3.8) is 0 Å². The summed E-state index contributed by atoms with van der Waals surface area (Å²) < 4.78 is 18.2. The van der Waals surface area contributed by atoms with Crippen molar-refractivity contribution in [1.29, 1.82) is 0 Å². The number of carbonyl (C=O) groups is 1. The second-order valence-electron chi connectivity index (χ2n) is 7.05. The second-order valence-corrected chi connectivity index (χ2v) is 7.05. The van der Waals surface area contributed by atoms with E-state index < -0.39 is 0 Å². The molecule has 2 rings (SSSR count). The minimum atomic E-state index is -0.229. The van der Waals surface area contributed by atoms with Crippen molar-refractivity contribution < 1.29 is 13.9 Å². The molecule has 1 fully saturated rings. The van der Waals surface area contributed by atoms with Crippen LogP contribution in [0.1, 0.15) is 56.6 Å². The van der Waals surface area contributed by atoms with Crippen molar-refractivity contribution in [3.8, 4) is 0 Å². The molecule has 0 heterocycles. The smallest absolute Gasteiger partial charge is 0.305 e. The number of aryl methyl sites for hydroxylation is 1. The highest BCUT2D eigenvalue weighted by atomic mass is 19.1. The molecule has 0 N–H and O–H groups in total. The Hall–Kier alpha value is -1.97. The highest BCUT2D eigenvalue weighted by Crippen LogP contribution is 2.31. The minimum absolute atomic E-state index is 0.222. The van der Waals surface area contributed by atoms with Crippen molar-refractivity contribution in [2.24, 2.45) is 16.8 Å². The van der Waals surface area contributed by atoms with E-state index in [1.54, 1.807) is 19.1 Å². The second kappa shape index (κ2) is 8.93. The molecule has 3 nitrogen and oxygen atoms in total. The lowest BCUT2D eigenvalue weighted by Gasteiger charge is -2.27. The monoisotopic (exact) mass is 345 g/mol. The van der Waals surface area contributed by atoms with Gasteiger partial charge in [0.05, 0.1) is 19.2 Å². The van der Waals surface area contributed by atoms with Crippen LogP contribution in [0.5, 0.6) is 0 Å². The van der Waals surface area contributed by atoms with Gasteiger partial charge in [-0.25, -0.2) is 4.39 Å². The Morgan fingerprint density at radius 1 is 1.28 bits per heavy atom. The van der Waals surface area contributed by atoms with E-state index in [1.807, 2.05) is 0 Å². The number of halogens is 1. The number of methoxy groups -OCH3 is 1. The molecule has 0 saturated heterocycles. The Morgan fingerprint density at radius 3 is 2.56 bits per heavy atom. The number of hydrogen-bond donors (Lipinski definition) is 0. The van der Waals surface area contributed by atoms with Gasteiger partial charge in [0.15, 0.2) is 0 Å². The first-order valence-electron chi connectivity index (χ1n) is 9.00. The quantitative estimate of drug-likeness (QED) is 0.516. The highest BCUT2D eigenvalue weighted by Gasteiger charge is 2.23. The number of benzene rings is 1. The number of hydrogen-bond acceptors (Lipinski definition) is 3. The summed E-state index contributed by atoms with van der Waals surface area (Å²) in [6.45, 7) is 8.08. The van der Waals surface area contributed by atoms with E-state index in [4.69, 9.17) is 9.73 Å². The van der Waals surface area contributed by atoms with Gasteiger partial charge in [-0.3, -0.25) is 9.79 Å². The Morgan fingerprint density at radius 2 is 1.96 bits per heavy atom. The number of aliphatic imine (C=N–C) groups is 1. The number of rotatable bonds is 6. The van der Waals surface area contributed by atoms with Gasteiger partial charge in [-0.15, -0.1) is 0 Å². The largest absolute Gasteiger partial charge is 0.469 e. The molecule has 1 aliphatic carbocycles. The predicted octanol–water partition coefficient (Wildman–Crippen LogP) is 5.33. The molecule has 0 amide bonds. The average molecular weight is 345 g/mol. The molecular weight excluding hydrogens is 317 g/mol. The van der Waals surface area contributed by atoms with Crippen LogP contribution < -0.4 is 0 Å². The summed E-state index contributed by atoms with van der Waals surface area (Å²) >= 11 is 0. The first kappa shape index (κ1) is 19.4. The molecule has 0 bridgehead atoms. The fraction of sp³-hybridized carbons (Fsp3) is 0.524. The fourth-order valence-electron chi connectivity index (χ4n) is 3.34. The van der Waals surface area contributed by atoms with Crippen LogP contribution in [0.2, 0.25) is 0 Å². The zero-order chi connectivity index (χ0) is 18.4. The molecule has 0 radical (unpaired) electrons. The normalized spacial score (nSPS) is 21.0. The van der Waals surface area contributed by atoms with Gasteiger partial charge in [-0.2, -0.15) is 0 Å². The van der Waals surface area contributed by atoms with Crippen LogP contribution in [-0.4, -0.2) is 18.8 Å². The molecule has 1 aromatic rings. The maximum atomic E-state index is 13.5. The number of nitrogens with zero attached hydrogens (tertiary/aromatic N) is 1. The fourth-order valence-corrected chi connectivity index (χ4v) is 3.34. The first-order chi connectivity index (χ1) is 11.9. The van der Waals surface area contributed by atoms with Crippen molar-refractivity contribution in [2.45, 2.75) is 52.4 Å². The Balaban J connectivity index is 2.19. The number of ether oxygens (including phenoxy) is 1. The third-order valence-electron chi connectivity index (χ3n) is 5.07. The van der Waals surface area contributed by atoms with E-state index in [9.17, 15) is 9.18 Å². The maximum absolute atomic E-state index is 13.5. The van der Waals surface area contributed by atoms with E-state index in [0.717, 1.165) is 30.0 Å². The van der Waals surface area contributed by atoms with Crippen LogP contribution in [0.3, 0.4) is 0 Å². The van der Waals surface area contributed by atoms with E-state index >= 15 is 0 Å². The maximum Gasteiger partial charge on any atom is 0.305 e. The zero-order valence-electron chi connectivity index (χ0n) is 15.5. The molecule has 1 saturated carbocycles. The zero-order valence-corrected chi connectivity index (χ0v) is 15.5. The molecule has 0 spiro atoms. The van der Waals surface area contributed by atoms with Gasteiger partial charge in [0.1, 0.15) is 5.82 Å². The average Bonchev–Trinajstić information content (AvgIpc) is 2.61. The Bertz CT molecular complexity index is 658. The van der Waals surface area contributed by atoms with Crippen LogP contribution >= 0.6 is 0 Å². The predicted molar refractivity (Wildman–Crippen MR) is 100.0 cm³/mol. The van der Waals surface area contributed by atoms with Gasteiger partial charge in [0.25, 0.3) is 0 Å². The summed E-state index contributed by atoms with van der Waals surface area (Å²) in [5.74, 6) is 0.688. The van der Waals surface area contributed by atoms with E-state index in [2.05, 4.69) is 13.5 Å². The molecule has 1 aliphatic rings. The Kier molecular flexibility index (Phi) is 6.91. The summed E-state index contributed by atoms with van der Waals surface area (Å²) in [6.07, 6.45) is 5.48. The summed E-state index contributed by atoms with van der Waals surface area (Å²) in [4.78, 5) is 16.3. The molecule has 0 aromatic heterocycles. The van der Waals surface area contributed by atoms with E-state index in [1.165, 1.54) is 26.0 Å². The van der Waals surface area contributed by atoms with Gasteiger partial charge in [0, 0.05) is 5.71 Å². The van der Waals surface area contributed by atoms with Crippen LogP contribution in [-0.2, 0) is 9.53 Å². The van der Waals surface area contributed by atoms with E-state index in [-0.39, 0.29) is 11.8 Å². The third-order valence-corrected chi connectivity index (χ3v) is 5.07. The van der Waals surface area contributed by atoms with Crippen molar-refractivity contribution >= 4 is 17.4 Å². The summed E-state index contributed by atoms with van der Waals surface area (Å²) in [5, 5.41) is 0. The van der Waals surface area contributed by atoms with Crippen LogP contribution in [0.4, 0.5) is 4.39 Å². The number of carbonyl (C=O) groups excluding carboxylic acids is 1. The van der Waals surface area contributed by atoms with Gasteiger partial charge < -0.3 is 4.74 Å². The van der Waals surface area contributed by atoms with E-state index in [0.29, 0.717) is 30.0 Å². The van der Waals surface area contributed by atoms with Crippen molar-refractivity contribution in [1.82, 2.24) is 0 Å². The molecule has 25 heavy (non-hydrogen) atoms. The molecular formula is C21H28FNO2. The van der Waals surface area contributed by atoms with Gasteiger partial charge in [-0.05, 0) is 67.3 Å². The van der Waals surface area contributed by atoms with Crippen LogP contribution in [0, 0.1) is 24.6 Å². The van der Waals surface area contributed by atoms with Crippen LogP contribution in [0.25, 0.3) is 5.70 Å². The topological polar surface area (TPSA) is 38.7 Å². The van der Waals surface area contributed by atoms with Gasteiger partial charge >= 0.3 is 5.97 Å². The Labute approximate surface area is 150 Å². The van der Waals surface area contributed by atoms with Gasteiger partial charge in [-0.1, -0.05) is 26.3 Å². The molecule has 0 atom stereocenters. The number of esters is 1. The van der Waals surface area contributed by atoms with Gasteiger partial charge in [0.2, 0.25) is 0 Å². The SMILES string of the molecule is C=C(N=C(CCC(=O)OC)C1CCC(C)CC1)c1ccc(F)c(C)c1. The molecule has 1 aromatic carbocycles. The lowest BCUT2D eigenvalue weighted by Crippen LogP contribution is -2.22.